The van der Waals surface area contributed by atoms with E-state index in [-0.39, 0.29) is 11.9 Å². The molecule has 1 heterocycles. The first-order valence-corrected chi connectivity index (χ1v) is 6.82. The maximum atomic E-state index is 12.1. The van der Waals surface area contributed by atoms with Gasteiger partial charge < -0.3 is 9.47 Å². The summed E-state index contributed by atoms with van der Waals surface area (Å²) in [5.74, 6) is 2.30. The average Bonchev–Trinajstić information content (AvgIpc) is 2.45. The molecule has 0 unspecified atom stereocenters. The van der Waals surface area contributed by atoms with Gasteiger partial charge >= 0.3 is 0 Å². The van der Waals surface area contributed by atoms with Crippen molar-refractivity contribution >= 4 is 11.9 Å². The molecule has 0 bridgehead atoms. The van der Waals surface area contributed by atoms with E-state index in [0.29, 0.717) is 12.3 Å². The molecule has 2 atom stereocenters. The molecule has 0 radical (unpaired) electrons. The van der Waals surface area contributed by atoms with Crippen molar-refractivity contribution in [3.05, 3.63) is 29.3 Å². The predicted octanol–water partition coefficient (Wildman–Crippen LogP) is 3.23. The molecule has 0 spiro atoms. The fourth-order valence-corrected chi connectivity index (χ4v) is 2.94. The molecule has 0 aromatic heterocycles. The third-order valence-corrected chi connectivity index (χ3v) is 4.11. The highest BCUT2D eigenvalue weighted by molar-refractivity contribution is 6.02. The highest BCUT2D eigenvalue weighted by Crippen LogP contribution is 2.39. The standard InChI is InChI=1S/C16H18O3/c1-3-10-4-6-14(17)13-9-11-8-12(18-2)5-7-15(11)19-16(10)13/h5,7-10,16H,3-4,6H2,1-2H3/t10-,16+/m0/s1. The van der Waals surface area contributed by atoms with Crippen molar-refractivity contribution in [3.63, 3.8) is 0 Å². The number of ketones is 1. The SMILES string of the molecule is CC[C@H]1CCC(=O)C2=Cc3cc(OC)ccc3O[C@@H]21. The van der Waals surface area contributed by atoms with Crippen LogP contribution in [-0.2, 0) is 4.79 Å². The van der Waals surface area contributed by atoms with E-state index in [1.165, 1.54) is 0 Å². The van der Waals surface area contributed by atoms with Gasteiger partial charge in [-0.1, -0.05) is 6.92 Å². The van der Waals surface area contributed by atoms with Crippen molar-refractivity contribution in [1.82, 2.24) is 0 Å². The number of rotatable bonds is 2. The second kappa shape index (κ2) is 4.72. The van der Waals surface area contributed by atoms with Crippen LogP contribution in [0.3, 0.4) is 0 Å². The molecular weight excluding hydrogens is 240 g/mol. The molecule has 1 aromatic carbocycles. The molecule has 1 saturated carbocycles. The Balaban J connectivity index is 2.03. The molecule has 19 heavy (non-hydrogen) atoms. The number of Topliss-reactive ketones (excluding diaryl/α,β-unsaturated/α-hetero) is 1. The topological polar surface area (TPSA) is 35.5 Å². The lowest BCUT2D eigenvalue weighted by Crippen LogP contribution is -2.38. The van der Waals surface area contributed by atoms with E-state index in [2.05, 4.69) is 6.92 Å². The number of carbonyl (C=O) groups excluding carboxylic acids is 1. The van der Waals surface area contributed by atoms with E-state index in [0.717, 1.165) is 35.5 Å². The van der Waals surface area contributed by atoms with Gasteiger partial charge in [-0.05, 0) is 37.1 Å². The monoisotopic (exact) mass is 258 g/mol. The molecule has 3 nitrogen and oxygen atoms in total. The van der Waals surface area contributed by atoms with E-state index in [1.807, 2.05) is 24.3 Å². The fraction of sp³-hybridized carbons (Fsp3) is 0.438. The summed E-state index contributed by atoms with van der Waals surface area (Å²) in [4.78, 5) is 12.1. The predicted molar refractivity (Wildman–Crippen MR) is 73.4 cm³/mol. The minimum atomic E-state index is -0.0628. The Morgan fingerprint density at radius 2 is 2.26 bits per heavy atom. The van der Waals surface area contributed by atoms with Gasteiger partial charge in [0.2, 0.25) is 0 Å². The third kappa shape index (κ3) is 2.03. The molecule has 2 aliphatic rings. The van der Waals surface area contributed by atoms with E-state index in [4.69, 9.17) is 9.47 Å². The Bertz CT molecular complexity index is 545. The van der Waals surface area contributed by atoms with Gasteiger partial charge in [-0.25, -0.2) is 0 Å². The minimum absolute atomic E-state index is 0.0628. The zero-order valence-corrected chi connectivity index (χ0v) is 11.3. The summed E-state index contributed by atoms with van der Waals surface area (Å²) >= 11 is 0. The fourth-order valence-electron chi connectivity index (χ4n) is 2.94. The van der Waals surface area contributed by atoms with Gasteiger partial charge in [-0.2, -0.15) is 0 Å². The van der Waals surface area contributed by atoms with Gasteiger partial charge in [0.1, 0.15) is 17.6 Å². The molecule has 1 aliphatic carbocycles. The molecule has 3 heteroatoms. The summed E-state index contributed by atoms with van der Waals surface area (Å²) in [6, 6.07) is 5.73. The maximum absolute atomic E-state index is 12.1. The first-order valence-electron chi connectivity index (χ1n) is 6.82. The van der Waals surface area contributed by atoms with Crippen LogP contribution in [0.2, 0.25) is 0 Å². The van der Waals surface area contributed by atoms with Crippen LogP contribution in [0.1, 0.15) is 31.7 Å². The number of benzene rings is 1. The Morgan fingerprint density at radius 1 is 1.42 bits per heavy atom. The van der Waals surface area contributed by atoms with Gasteiger partial charge in [0.25, 0.3) is 0 Å². The molecular formula is C16H18O3. The molecule has 3 rings (SSSR count). The second-order valence-electron chi connectivity index (χ2n) is 5.17. The number of methoxy groups -OCH3 is 1. The first kappa shape index (κ1) is 12.3. The van der Waals surface area contributed by atoms with Gasteiger partial charge in [-0.15, -0.1) is 0 Å². The Morgan fingerprint density at radius 3 is 3.00 bits per heavy atom. The van der Waals surface area contributed by atoms with E-state index < -0.39 is 0 Å². The van der Waals surface area contributed by atoms with Crippen LogP contribution in [0.5, 0.6) is 11.5 Å². The summed E-state index contributed by atoms with van der Waals surface area (Å²) in [6.45, 7) is 2.16. The van der Waals surface area contributed by atoms with Crippen LogP contribution in [0.15, 0.2) is 23.8 Å². The van der Waals surface area contributed by atoms with Crippen LogP contribution < -0.4 is 9.47 Å². The van der Waals surface area contributed by atoms with Crippen LogP contribution in [0.25, 0.3) is 6.08 Å². The summed E-state index contributed by atoms with van der Waals surface area (Å²) < 4.78 is 11.3. The second-order valence-corrected chi connectivity index (χ2v) is 5.17. The van der Waals surface area contributed by atoms with Gasteiger partial charge in [0, 0.05) is 23.5 Å². The van der Waals surface area contributed by atoms with Gasteiger partial charge in [-0.3, -0.25) is 4.79 Å². The summed E-state index contributed by atoms with van der Waals surface area (Å²) in [5.41, 5.74) is 1.77. The zero-order valence-electron chi connectivity index (χ0n) is 11.3. The third-order valence-electron chi connectivity index (χ3n) is 4.11. The quantitative estimate of drug-likeness (QED) is 0.817. The van der Waals surface area contributed by atoms with Gasteiger partial charge in [0.15, 0.2) is 5.78 Å². The Kier molecular flexibility index (Phi) is 3.05. The average molecular weight is 258 g/mol. The van der Waals surface area contributed by atoms with Crippen molar-refractivity contribution < 1.29 is 14.3 Å². The molecule has 1 aliphatic heterocycles. The zero-order chi connectivity index (χ0) is 13.4. The number of carbonyl (C=O) groups is 1. The largest absolute Gasteiger partial charge is 0.497 e. The van der Waals surface area contributed by atoms with E-state index in [1.54, 1.807) is 7.11 Å². The molecule has 100 valence electrons. The Hall–Kier alpha value is -1.77. The van der Waals surface area contributed by atoms with Crippen LogP contribution in [-0.4, -0.2) is 19.0 Å². The normalized spacial score (nSPS) is 24.9. The van der Waals surface area contributed by atoms with Crippen LogP contribution in [0.4, 0.5) is 0 Å². The Labute approximate surface area is 113 Å². The lowest BCUT2D eigenvalue weighted by atomic mass is 9.78. The van der Waals surface area contributed by atoms with E-state index >= 15 is 0 Å². The highest BCUT2D eigenvalue weighted by atomic mass is 16.5. The molecule has 1 fully saturated rings. The number of fused-ring (bicyclic) bond motifs is 2. The van der Waals surface area contributed by atoms with E-state index in [9.17, 15) is 4.79 Å². The summed E-state index contributed by atoms with van der Waals surface area (Å²) in [6.07, 6.45) is 4.54. The van der Waals surface area contributed by atoms with Crippen molar-refractivity contribution in [2.75, 3.05) is 7.11 Å². The molecule has 1 aromatic rings. The molecule has 0 N–H and O–H groups in total. The summed E-state index contributed by atoms with van der Waals surface area (Å²) in [7, 11) is 1.64. The number of ether oxygens (including phenoxy) is 2. The van der Waals surface area contributed by atoms with Crippen LogP contribution >= 0.6 is 0 Å². The maximum Gasteiger partial charge on any atom is 0.162 e. The van der Waals surface area contributed by atoms with Crippen molar-refractivity contribution in [3.8, 4) is 11.5 Å². The number of hydrogen-bond donors (Lipinski definition) is 0. The first-order chi connectivity index (χ1) is 9.22. The smallest absolute Gasteiger partial charge is 0.162 e. The van der Waals surface area contributed by atoms with Crippen molar-refractivity contribution in [2.45, 2.75) is 32.3 Å². The lowest BCUT2D eigenvalue weighted by Gasteiger charge is -2.35. The molecule has 0 amide bonds. The highest BCUT2D eigenvalue weighted by Gasteiger charge is 2.37. The van der Waals surface area contributed by atoms with Crippen molar-refractivity contribution in [1.29, 1.82) is 0 Å². The number of hydrogen-bond acceptors (Lipinski definition) is 3. The van der Waals surface area contributed by atoms with Crippen molar-refractivity contribution in [2.24, 2.45) is 5.92 Å². The minimum Gasteiger partial charge on any atom is -0.497 e. The summed E-state index contributed by atoms with van der Waals surface area (Å²) in [5, 5.41) is 0. The van der Waals surface area contributed by atoms with Crippen LogP contribution in [0, 0.1) is 5.92 Å². The molecule has 0 saturated heterocycles. The lowest BCUT2D eigenvalue weighted by molar-refractivity contribution is -0.118. The van der Waals surface area contributed by atoms with Gasteiger partial charge in [0.05, 0.1) is 7.11 Å².